The summed E-state index contributed by atoms with van der Waals surface area (Å²) in [7, 11) is 0. The van der Waals surface area contributed by atoms with Gasteiger partial charge in [-0.05, 0) is 36.5 Å². The maximum atomic E-state index is 4.62. The van der Waals surface area contributed by atoms with Gasteiger partial charge in [-0.3, -0.25) is 4.68 Å². The number of nitrogens with zero attached hydrogens (tertiary/aromatic N) is 5. The first-order valence-electron chi connectivity index (χ1n) is 8.08. The molecule has 1 N–H and O–H groups in total. The molecule has 0 unspecified atom stereocenters. The monoisotopic (exact) mass is 296 g/mol. The van der Waals surface area contributed by atoms with Crippen LogP contribution >= 0.6 is 0 Å². The van der Waals surface area contributed by atoms with Crippen LogP contribution in [0.3, 0.4) is 0 Å². The van der Waals surface area contributed by atoms with Crippen LogP contribution in [0.4, 0.5) is 0 Å². The standard InChI is InChI=1S/C16H20N6/c1-2-14(11-5-3-4-6-11)22-10-12(9-18-22)15-13-7-8-17-16(13)20-21-19-15/h7-11,14H,2-6H2,1H3,(H,17,19,20)/t14-/m0/s1. The first-order valence-corrected chi connectivity index (χ1v) is 8.08. The SMILES string of the molecule is CC[C@@H](C1CCCC1)n1cc(-c2nnnc3[nH]ccc23)cn1. The minimum absolute atomic E-state index is 0.493. The number of hydrogen-bond donors (Lipinski definition) is 1. The molecule has 0 saturated heterocycles. The van der Waals surface area contributed by atoms with Gasteiger partial charge in [-0.25, -0.2) is 0 Å². The third kappa shape index (κ3) is 2.19. The molecule has 0 aliphatic heterocycles. The van der Waals surface area contributed by atoms with Crippen molar-refractivity contribution >= 4 is 11.0 Å². The number of fused-ring (bicyclic) bond motifs is 1. The quantitative estimate of drug-likeness (QED) is 0.801. The van der Waals surface area contributed by atoms with Crippen molar-refractivity contribution in [2.75, 3.05) is 0 Å². The van der Waals surface area contributed by atoms with Crippen molar-refractivity contribution in [3.05, 3.63) is 24.7 Å². The topological polar surface area (TPSA) is 72.3 Å². The minimum atomic E-state index is 0.493. The molecule has 1 aliphatic carbocycles. The van der Waals surface area contributed by atoms with Crippen molar-refractivity contribution in [1.82, 2.24) is 30.2 Å². The molecule has 0 radical (unpaired) electrons. The maximum absolute atomic E-state index is 4.62. The second kappa shape index (κ2) is 5.51. The van der Waals surface area contributed by atoms with E-state index in [1.165, 1.54) is 25.7 Å². The van der Waals surface area contributed by atoms with Gasteiger partial charge < -0.3 is 4.98 Å². The van der Waals surface area contributed by atoms with Crippen LogP contribution in [0.15, 0.2) is 24.7 Å². The van der Waals surface area contributed by atoms with Gasteiger partial charge in [0.05, 0.1) is 12.2 Å². The van der Waals surface area contributed by atoms with E-state index in [9.17, 15) is 0 Å². The Kier molecular flexibility index (Phi) is 3.36. The van der Waals surface area contributed by atoms with Gasteiger partial charge >= 0.3 is 0 Å². The van der Waals surface area contributed by atoms with Crippen molar-refractivity contribution < 1.29 is 0 Å². The third-order valence-electron chi connectivity index (χ3n) is 4.85. The predicted octanol–water partition coefficient (Wildman–Crippen LogP) is 3.36. The molecule has 0 aromatic carbocycles. The second-order valence-corrected chi connectivity index (χ2v) is 6.11. The van der Waals surface area contributed by atoms with Gasteiger partial charge in [-0.15, -0.1) is 10.2 Å². The summed E-state index contributed by atoms with van der Waals surface area (Å²) < 4.78 is 2.13. The van der Waals surface area contributed by atoms with E-state index in [4.69, 9.17) is 0 Å². The largest absolute Gasteiger partial charge is 0.345 e. The summed E-state index contributed by atoms with van der Waals surface area (Å²) in [6.07, 6.45) is 12.4. The van der Waals surface area contributed by atoms with Crippen LogP contribution in [-0.4, -0.2) is 30.2 Å². The molecule has 1 fully saturated rings. The first kappa shape index (κ1) is 13.4. The van der Waals surface area contributed by atoms with Crippen molar-refractivity contribution in [3.8, 4) is 11.3 Å². The Hall–Kier alpha value is -2.24. The van der Waals surface area contributed by atoms with Crippen molar-refractivity contribution in [2.45, 2.75) is 45.1 Å². The Morgan fingerprint density at radius 3 is 3.00 bits per heavy atom. The lowest BCUT2D eigenvalue weighted by Gasteiger charge is -2.22. The molecule has 1 atom stereocenters. The van der Waals surface area contributed by atoms with Gasteiger partial charge in [-0.1, -0.05) is 19.8 Å². The summed E-state index contributed by atoms with van der Waals surface area (Å²) in [5.74, 6) is 0.758. The van der Waals surface area contributed by atoms with Gasteiger partial charge in [-0.2, -0.15) is 5.10 Å². The van der Waals surface area contributed by atoms with Gasteiger partial charge in [0.2, 0.25) is 0 Å². The van der Waals surface area contributed by atoms with E-state index in [1.807, 2.05) is 18.5 Å². The smallest absolute Gasteiger partial charge is 0.164 e. The molecular weight excluding hydrogens is 276 g/mol. The Balaban J connectivity index is 1.70. The number of hydrogen-bond acceptors (Lipinski definition) is 4. The van der Waals surface area contributed by atoms with Gasteiger partial charge in [0.25, 0.3) is 0 Å². The number of aromatic amines is 1. The molecular formula is C16H20N6. The normalized spacial score (nSPS) is 17.3. The van der Waals surface area contributed by atoms with E-state index >= 15 is 0 Å². The summed E-state index contributed by atoms with van der Waals surface area (Å²) in [5, 5.41) is 17.7. The van der Waals surface area contributed by atoms with Crippen molar-refractivity contribution in [3.63, 3.8) is 0 Å². The van der Waals surface area contributed by atoms with Crippen LogP contribution in [0.2, 0.25) is 0 Å². The van der Waals surface area contributed by atoms with Crippen LogP contribution < -0.4 is 0 Å². The Bertz CT molecular complexity index is 768. The van der Waals surface area contributed by atoms with E-state index in [-0.39, 0.29) is 0 Å². The van der Waals surface area contributed by atoms with Gasteiger partial charge in [0, 0.05) is 23.3 Å². The molecule has 3 aromatic heterocycles. The van der Waals surface area contributed by atoms with E-state index < -0.39 is 0 Å². The van der Waals surface area contributed by atoms with Crippen molar-refractivity contribution in [1.29, 1.82) is 0 Å². The van der Waals surface area contributed by atoms with E-state index in [0.29, 0.717) is 6.04 Å². The molecule has 0 bridgehead atoms. The Morgan fingerprint density at radius 2 is 2.18 bits per heavy atom. The summed E-state index contributed by atoms with van der Waals surface area (Å²) in [6, 6.07) is 2.48. The highest BCUT2D eigenvalue weighted by molar-refractivity contribution is 5.89. The number of H-pyrrole nitrogens is 1. The second-order valence-electron chi connectivity index (χ2n) is 6.11. The van der Waals surface area contributed by atoms with Crippen molar-refractivity contribution in [2.24, 2.45) is 5.92 Å². The first-order chi connectivity index (χ1) is 10.9. The van der Waals surface area contributed by atoms with Crippen LogP contribution in [0.1, 0.15) is 45.1 Å². The molecule has 3 heterocycles. The number of rotatable bonds is 4. The summed E-state index contributed by atoms with van der Waals surface area (Å²) >= 11 is 0. The van der Waals surface area contributed by atoms with E-state index in [0.717, 1.165) is 34.6 Å². The van der Waals surface area contributed by atoms with E-state index in [1.54, 1.807) is 0 Å². The van der Waals surface area contributed by atoms with Crippen LogP contribution in [0.5, 0.6) is 0 Å². The molecule has 1 saturated carbocycles. The lowest BCUT2D eigenvalue weighted by molar-refractivity contribution is 0.301. The Morgan fingerprint density at radius 1 is 1.32 bits per heavy atom. The molecule has 114 valence electrons. The highest BCUT2D eigenvalue weighted by atomic mass is 15.3. The average Bonchev–Trinajstić information content (AvgIpc) is 3.29. The fourth-order valence-electron chi connectivity index (χ4n) is 3.73. The van der Waals surface area contributed by atoms with Crippen LogP contribution in [0.25, 0.3) is 22.3 Å². The fourth-order valence-corrected chi connectivity index (χ4v) is 3.73. The molecule has 22 heavy (non-hydrogen) atoms. The van der Waals surface area contributed by atoms with E-state index in [2.05, 4.69) is 43.3 Å². The Labute approximate surface area is 128 Å². The zero-order chi connectivity index (χ0) is 14.9. The molecule has 0 spiro atoms. The summed E-state index contributed by atoms with van der Waals surface area (Å²) in [5.41, 5.74) is 2.62. The third-order valence-corrected chi connectivity index (χ3v) is 4.85. The predicted molar refractivity (Wildman–Crippen MR) is 84.2 cm³/mol. The number of nitrogens with one attached hydrogen (secondary N) is 1. The molecule has 3 aromatic rings. The highest BCUT2D eigenvalue weighted by Gasteiger charge is 2.26. The molecule has 4 rings (SSSR count). The van der Waals surface area contributed by atoms with Gasteiger partial charge in [0.1, 0.15) is 5.69 Å². The summed E-state index contributed by atoms with van der Waals surface area (Å²) in [4.78, 5) is 3.07. The van der Waals surface area contributed by atoms with Gasteiger partial charge in [0.15, 0.2) is 5.65 Å². The fraction of sp³-hybridized carbons (Fsp3) is 0.500. The minimum Gasteiger partial charge on any atom is -0.345 e. The summed E-state index contributed by atoms with van der Waals surface area (Å²) in [6.45, 7) is 2.25. The lowest BCUT2D eigenvalue weighted by Crippen LogP contribution is -2.17. The molecule has 0 amide bonds. The molecule has 1 aliphatic rings. The molecule has 6 heteroatoms. The average molecular weight is 296 g/mol. The number of aromatic nitrogens is 6. The van der Waals surface area contributed by atoms with Crippen LogP contribution in [0, 0.1) is 5.92 Å². The molecule has 6 nitrogen and oxygen atoms in total. The lowest BCUT2D eigenvalue weighted by atomic mass is 9.96. The highest BCUT2D eigenvalue weighted by Crippen LogP contribution is 2.36. The van der Waals surface area contributed by atoms with Crippen LogP contribution in [-0.2, 0) is 0 Å². The maximum Gasteiger partial charge on any atom is 0.164 e. The zero-order valence-corrected chi connectivity index (χ0v) is 12.7. The zero-order valence-electron chi connectivity index (χ0n) is 12.7.